The molecular formula is C32H44N2O7. The molecule has 2 unspecified atom stereocenters. The van der Waals surface area contributed by atoms with E-state index in [0.29, 0.717) is 25.4 Å². The first kappa shape index (κ1) is 31.8. The number of hydrogen-bond acceptors (Lipinski definition) is 7. The molecule has 2 atom stereocenters. The minimum absolute atomic E-state index is 0.0229. The lowest BCUT2D eigenvalue weighted by Crippen LogP contribution is -2.44. The Labute approximate surface area is 243 Å². The highest BCUT2D eigenvalue weighted by Gasteiger charge is 2.31. The summed E-state index contributed by atoms with van der Waals surface area (Å²) >= 11 is 0. The summed E-state index contributed by atoms with van der Waals surface area (Å²) in [7, 11) is 1.32. The van der Waals surface area contributed by atoms with Crippen LogP contribution in [-0.4, -0.2) is 61.0 Å². The number of nitrogens with zero attached hydrogens (tertiary/aromatic N) is 1. The molecule has 9 heteroatoms. The monoisotopic (exact) mass is 568 g/mol. The molecule has 0 bridgehead atoms. The quantitative estimate of drug-likeness (QED) is 0.266. The lowest BCUT2D eigenvalue weighted by Gasteiger charge is -2.36. The molecular weight excluding hydrogens is 524 g/mol. The van der Waals surface area contributed by atoms with E-state index in [1.54, 1.807) is 4.90 Å². The van der Waals surface area contributed by atoms with Gasteiger partial charge in [-0.2, -0.15) is 0 Å². The normalized spacial score (nSPS) is 15.4. The fourth-order valence-corrected chi connectivity index (χ4v) is 4.85. The third-order valence-corrected chi connectivity index (χ3v) is 6.99. The number of hydrogen-bond donors (Lipinski definition) is 1. The fraction of sp³-hybridized carbons (Fsp3) is 0.531. The van der Waals surface area contributed by atoms with Crippen molar-refractivity contribution in [3.63, 3.8) is 0 Å². The van der Waals surface area contributed by atoms with Crippen LogP contribution in [-0.2, 0) is 32.0 Å². The van der Waals surface area contributed by atoms with Gasteiger partial charge >= 0.3 is 18.2 Å². The smallest absolute Gasteiger partial charge is 0.410 e. The summed E-state index contributed by atoms with van der Waals surface area (Å²) in [5, 5.41) is 2.79. The van der Waals surface area contributed by atoms with Gasteiger partial charge in [-0.25, -0.2) is 9.59 Å². The van der Waals surface area contributed by atoms with Gasteiger partial charge < -0.3 is 29.2 Å². The number of ether oxygens (including phenoxy) is 4. The van der Waals surface area contributed by atoms with Crippen molar-refractivity contribution >= 4 is 18.2 Å². The van der Waals surface area contributed by atoms with E-state index in [1.165, 1.54) is 7.11 Å². The van der Waals surface area contributed by atoms with Crippen molar-refractivity contribution in [1.29, 1.82) is 0 Å². The van der Waals surface area contributed by atoms with Gasteiger partial charge in [-0.05, 0) is 75.6 Å². The molecule has 9 nitrogen and oxygen atoms in total. The summed E-state index contributed by atoms with van der Waals surface area (Å²) in [6.45, 7) is 9.19. The minimum atomic E-state index is -0.591. The van der Waals surface area contributed by atoms with E-state index in [-0.39, 0.29) is 25.2 Å². The third-order valence-electron chi connectivity index (χ3n) is 6.99. The van der Waals surface area contributed by atoms with E-state index in [9.17, 15) is 14.4 Å². The lowest BCUT2D eigenvalue weighted by molar-refractivity contribution is -0.141. The van der Waals surface area contributed by atoms with Gasteiger partial charge in [0.15, 0.2) is 0 Å². The van der Waals surface area contributed by atoms with E-state index in [4.69, 9.17) is 18.9 Å². The summed E-state index contributed by atoms with van der Waals surface area (Å²) in [5.74, 6) is 0.686. The zero-order valence-corrected chi connectivity index (χ0v) is 24.9. The first-order valence-corrected chi connectivity index (χ1v) is 14.3. The van der Waals surface area contributed by atoms with Crippen LogP contribution in [0.4, 0.5) is 9.59 Å². The van der Waals surface area contributed by atoms with Crippen LogP contribution in [0.2, 0.25) is 0 Å². The Morgan fingerprint density at radius 2 is 1.63 bits per heavy atom. The van der Waals surface area contributed by atoms with Gasteiger partial charge in [-0.15, -0.1) is 0 Å². The number of amides is 2. The molecule has 1 N–H and O–H groups in total. The van der Waals surface area contributed by atoms with Gasteiger partial charge in [0.25, 0.3) is 0 Å². The highest BCUT2D eigenvalue weighted by atomic mass is 16.6. The highest BCUT2D eigenvalue weighted by Crippen LogP contribution is 2.28. The van der Waals surface area contributed by atoms with E-state index in [2.05, 4.69) is 12.2 Å². The van der Waals surface area contributed by atoms with E-state index < -0.39 is 23.7 Å². The summed E-state index contributed by atoms with van der Waals surface area (Å²) in [4.78, 5) is 38.6. The zero-order chi connectivity index (χ0) is 29.8. The second-order valence-corrected chi connectivity index (χ2v) is 11.4. The van der Waals surface area contributed by atoms with Crippen LogP contribution < -0.4 is 10.1 Å². The van der Waals surface area contributed by atoms with Crippen LogP contribution in [0.3, 0.4) is 0 Å². The van der Waals surface area contributed by atoms with Crippen molar-refractivity contribution < 1.29 is 33.3 Å². The van der Waals surface area contributed by atoms with Crippen molar-refractivity contribution in [2.75, 3.05) is 20.2 Å². The van der Waals surface area contributed by atoms with Crippen LogP contribution in [0.25, 0.3) is 0 Å². The number of methoxy groups -OCH3 is 1. The second kappa shape index (κ2) is 15.3. The molecule has 2 aromatic rings. The van der Waals surface area contributed by atoms with Crippen LogP contribution in [0.5, 0.6) is 5.75 Å². The highest BCUT2D eigenvalue weighted by molar-refractivity contribution is 5.72. The van der Waals surface area contributed by atoms with Gasteiger partial charge in [-0.1, -0.05) is 49.4 Å². The van der Waals surface area contributed by atoms with Crippen molar-refractivity contribution in [2.24, 2.45) is 5.92 Å². The van der Waals surface area contributed by atoms with Gasteiger partial charge in [0.1, 0.15) is 24.1 Å². The predicted octanol–water partition coefficient (Wildman–Crippen LogP) is 5.89. The van der Waals surface area contributed by atoms with Gasteiger partial charge in [-0.3, -0.25) is 4.79 Å². The maximum Gasteiger partial charge on any atom is 0.410 e. The molecule has 224 valence electrons. The van der Waals surface area contributed by atoms with Crippen molar-refractivity contribution in [1.82, 2.24) is 10.2 Å². The van der Waals surface area contributed by atoms with Crippen molar-refractivity contribution in [2.45, 2.75) is 84.2 Å². The molecule has 41 heavy (non-hydrogen) atoms. The second-order valence-electron chi connectivity index (χ2n) is 11.4. The zero-order valence-electron chi connectivity index (χ0n) is 24.9. The number of carbonyl (C=O) groups is 3. The van der Waals surface area contributed by atoms with Crippen LogP contribution >= 0.6 is 0 Å². The Morgan fingerprint density at radius 1 is 0.976 bits per heavy atom. The first-order valence-electron chi connectivity index (χ1n) is 14.3. The molecule has 0 aromatic heterocycles. The Morgan fingerprint density at radius 3 is 2.22 bits per heavy atom. The largest absolute Gasteiger partial charge is 0.490 e. The van der Waals surface area contributed by atoms with E-state index in [1.807, 2.05) is 75.4 Å². The third kappa shape index (κ3) is 11.0. The summed E-state index contributed by atoms with van der Waals surface area (Å²) < 4.78 is 22.0. The molecule has 0 spiro atoms. The molecule has 1 saturated heterocycles. The van der Waals surface area contributed by atoms with Gasteiger partial charge in [0.2, 0.25) is 0 Å². The molecule has 3 rings (SSSR count). The molecule has 1 aliphatic heterocycles. The standard InChI is InChI=1S/C32H44N2O7/c1-6-28(25-16-18-34(19-17-25)31(37)41-32(2,3)4)40-27-14-12-23(13-15-27)20-26(21-29(35)38-5)33-30(36)39-22-24-10-8-7-9-11-24/h7-15,25-26,28H,6,16-22H2,1-5H3,(H,33,36). The molecule has 0 aliphatic carbocycles. The van der Waals surface area contributed by atoms with Crippen molar-refractivity contribution in [3.8, 4) is 5.75 Å². The topological polar surface area (TPSA) is 103 Å². The maximum atomic E-state index is 12.4. The fourth-order valence-electron chi connectivity index (χ4n) is 4.85. The number of likely N-dealkylation sites (tertiary alicyclic amines) is 1. The average Bonchev–Trinajstić information content (AvgIpc) is 2.95. The van der Waals surface area contributed by atoms with E-state index >= 15 is 0 Å². The number of nitrogens with one attached hydrogen (secondary N) is 1. The number of piperidine rings is 1. The maximum absolute atomic E-state index is 12.4. The number of rotatable bonds is 11. The van der Waals surface area contributed by atoms with Crippen molar-refractivity contribution in [3.05, 3.63) is 65.7 Å². The average molecular weight is 569 g/mol. The lowest BCUT2D eigenvalue weighted by atomic mass is 9.90. The molecule has 0 radical (unpaired) electrons. The summed E-state index contributed by atoms with van der Waals surface area (Å²) in [5.41, 5.74) is 1.31. The first-order chi connectivity index (χ1) is 19.6. The number of carbonyl (C=O) groups excluding carboxylic acids is 3. The molecule has 2 aromatic carbocycles. The van der Waals surface area contributed by atoms with E-state index in [0.717, 1.165) is 36.1 Å². The Bertz CT molecular complexity index is 1110. The van der Waals surface area contributed by atoms with Crippen LogP contribution in [0.1, 0.15) is 64.5 Å². The molecule has 2 amide bonds. The minimum Gasteiger partial charge on any atom is -0.490 e. The molecule has 1 heterocycles. The molecule has 0 saturated carbocycles. The summed E-state index contributed by atoms with van der Waals surface area (Å²) in [6, 6.07) is 16.6. The Kier molecular flexibility index (Phi) is 11.9. The number of esters is 1. The van der Waals surface area contributed by atoms with Gasteiger partial charge in [0.05, 0.1) is 13.5 Å². The molecule has 1 aliphatic rings. The Balaban J connectivity index is 1.52. The number of alkyl carbamates (subject to hydrolysis) is 1. The van der Waals surface area contributed by atoms with Crippen LogP contribution in [0.15, 0.2) is 54.6 Å². The Hall–Kier alpha value is -3.75. The molecule has 1 fully saturated rings. The predicted molar refractivity (Wildman–Crippen MR) is 156 cm³/mol. The van der Waals surface area contributed by atoms with Crippen LogP contribution in [0, 0.1) is 5.92 Å². The number of benzene rings is 2. The van der Waals surface area contributed by atoms with Gasteiger partial charge in [0, 0.05) is 19.1 Å². The summed E-state index contributed by atoms with van der Waals surface area (Å²) in [6.07, 6.45) is 2.21. The SMILES string of the molecule is CCC(Oc1ccc(CC(CC(=O)OC)NC(=O)OCc2ccccc2)cc1)C1CCN(C(=O)OC(C)(C)C)CC1.